The molecule has 0 saturated carbocycles. The Morgan fingerprint density at radius 3 is 1.24 bits per heavy atom. The Hall–Kier alpha value is -3.31. The highest BCUT2D eigenvalue weighted by atomic mass is 32.2. The van der Waals surface area contributed by atoms with Gasteiger partial charge in [0.15, 0.2) is 18.9 Å². The van der Waals surface area contributed by atoms with Crippen molar-refractivity contribution in [2.24, 2.45) is 5.73 Å². The van der Waals surface area contributed by atoms with E-state index >= 15 is 0 Å². The maximum absolute atomic E-state index is 13.9. The summed E-state index contributed by atoms with van der Waals surface area (Å²) >= 11 is 1.39. The second kappa shape index (κ2) is 30.9. The summed E-state index contributed by atoms with van der Waals surface area (Å²) in [6.07, 6.45) is -24.3. The van der Waals surface area contributed by atoms with E-state index in [9.17, 15) is 80.5 Å². The van der Waals surface area contributed by atoms with Crippen molar-refractivity contribution in [1.82, 2.24) is 21.3 Å². The van der Waals surface area contributed by atoms with Crippen molar-refractivity contribution in [3.8, 4) is 0 Å². The number of carbonyl (C=O) groups is 4. The van der Waals surface area contributed by atoms with Gasteiger partial charge in [0.05, 0.1) is 45.7 Å². The molecule has 3 saturated heterocycles. The highest BCUT2D eigenvalue weighted by Crippen LogP contribution is 2.28. The van der Waals surface area contributed by atoms with Crippen LogP contribution < -0.4 is 27.0 Å². The third kappa shape index (κ3) is 18.5. The third-order valence-corrected chi connectivity index (χ3v) is 13.4. The summed E-state index contributed by atoms with van der Waals surface area (Å²) in [6.45, 7) is -3.28. The first-order chi connectivity index (χ1) is 34.3. The average molecular weight is 1060 g/mol. The zero-order chi connectivity index (χ0) is 53.0. The standard InChI is InChI=1S/C44H73N5O22S/c45-24(22-72-21-23-4-2-1-3-5-23)40(65)49-44(9-6-28(53)46-12-15-66-41-37(62)34(59)31(56)25(18-50)69-41,10-7-29(54)47-13-16-67-42-38(63)35(60)32(57)26(19-51)70-42)11-8-30(55)48-14-17-68-43-39(64)36(61)33(58)27(20-52)71-43/h1-5,24-27,31-39,41-43,50-52,56-64H,6-22,45H2,(H,46,53)(H,47,54)(H,48,55)(H,49,65)/t24?,25-,26-,27-,31-,32-,33-,34+,35+,36+,37+,38+,39+,41+,42+,43+/m1/s1. The Morgan fingerprint density at radius 1 is 0.556 bits per heavy atom. The maximum Gasteiger partial charge on any atom is 0.238 e. The van der Waals surface area contributed by atoms with E-state index < -0.39 is 147 Å². The normalized spacial score (nSPS) is 31.3. The van der Waals surface area contributed by atoms with Crippen LogP contribution >= 0.6 is 11.8 Å². The van der Waals surface area contributed by atoms with Crippen LogP contribution in [0.3, 0.4) is 0 Å². The number of ether oxygens (including phenoxy) is 6. The van der Waals surface area contributed by atoms with E-state index in [1.807, 2.05) is 30.3 Å². The number of nitrogens with two attached hydrogens (primary N) is 1. The molecule has 18 N–H and O–H groups in total. The molecule has 0 radical (unpaired) electrons. The van der Waals surface area contributed by atoms with E-state index in [1.165, 1.54) is 11.8 Å². The second-order valence-corrected chi connectivity index (χ2v) is 18.7. The van der Waals surface area contributed by atoms with Crippen LogP contribution in [0.25, 0.3) is 0 Å². The number of hydrogen-bond donors (Lipinski definition) is 17. The Labute approximate surface area is 419 Å². The fourth-order valence-corrected chi connectivity index (χ4v) is 8.86. The van der Waals surface area contributed by atoms with Gasteiger partial charge in [-0.2, -0.15) is 11.8 Å². The molecule has 412 valence electrons. The molecule has 1 aromatic rings. The number of aliphatic hydroxyl groups is 12. The van der Waals surface area contributed by atoms with Crippen LogP contribution in [0.5, 0.6) is 0 Å². The van der Waals surface area contributed by atoms with E-state index in [2.05, 4.69) is 21.3 Å². The molecule has 3 heterocycles. The van der Waals surface area contributed by atoms with Crippen molar-refractivity contribution in [3.63, 3.8) is 0 Å². The lowest BCUT2D eigenvalue weighted by molar-refractivity contribution is -0.300. The molecule has 3 aliphatic heterocycles. The van der Waals surface area contributed by atoms with Gasteiger partial charge >= 0.3 is 0 Å². The van der Waals surface area contributed by atoms with Gasteiger partial charge in [-0.3, -0.25) is 19.2 Å². The minimum Gasteiger partial charge on any atom is -0.394 e. The van der Waals surface area contributed by atoms with E-state index in [4.69, 9.17) is 34.2 Å². The summed E-state index contributed by atoms with van der Waals surface area (Å²) in [7, 11) is 0. The first-order valence-corrected chi connectivity index (χ1v) is 24.8. The Morgan fingerprint density at radius 2 is 0.903 bits per heavy atom. The first kappa shape index (κ1) is 61.2. The molecule has 0 bridgehead atoms. The second-order valence-electron chi connectivity index (χ2n) is 17.6. The van der Waals surface area contributed by atoms with Gasteiger partial charge in [-0.05, 0) is 24.8 Å². The van der Waals surface area contributed by atoms with Crippen LogP contribution in [0, 0.1) is 0 Å². The van der Waals surface area contributed by atoms with E-state index in [0.717, 1.165) is 5.56 Å². The van der Waals surface area contributed by atoms with Gasteiger partial charge in [-0.15, -0.1) is 0 Å². The molecule has 28 heteroatoms. The Balaban J connectivity index is 1.44. The summed E-state index contributed by atoms with van der Waals surface area (Å²) in [5.41, 5.74) is 5.92. The van der Waals surface area contributed by atoms with Gasteiger partial charge in [0.1, 0.15) is 73.2 Å². The Kier molecular flexibility index (Phi) is 26.3. The lowest BCUT2D eigenvalue weighted by Gasteiger charge is -2.39. The molecule has 1 aromatic carbocycles. The van der Waals surface area contributed by atoms with Gasteiger partial charge in [0.2, 0.25) is 23.6 Å². The molecular formula is C44H73N5O22S. The molecule has 72 heavy (non-hydrogen) atoms. The Bertz CT molecular complexity index is 1630. The van der Waals surface area contributed by atoms with E-state index in [1.54, 1.807) is 0 Å². The van der Waals surface area contributed by atoms with Gasteiger partial charge in [0.25, 0.3) is 0 Å². The zero-order valence-electron chi connectivity index (χ0n) is 39.6. The van der Waals surface area contributed by atoms with Crippen molar-refractivity contribution >= 4 is 35.4 Å². The number of nitrogens with one attached hydrogen (secondary N) is 4. The molecular weight excluding hydrogens is 983 g/mol. The van der Waals surface area contributed by atoms with Crippen molar-refractivity contribution < 1.29 is 109 Å². The lowest BCUT2D eigenvalue weighted by Crippen LogP contribution is -2.59. The molecule has 27 nitrogen and oxygen atoms in total. The summed E-state index contributed by atoms with van der Waals surface area (Å²) in [5, 5.41) is 130. The molecule has 1 unspecified atom stereocenters. The van der Waals surface area contributed by atoms with E-state index in [0.29, 0.717) is 5.75 Å². The van der Waals surface area contributed by atoms with Crippen LogP contribution in [0.15, 0.2) is 30.3 Å². The van der Waals surface area contributed by atoms with Crippen molar-refractivity contribution in [2.75, 3.05) is 65.0 Å². The van der Waals surface area contributed by atoms with Crippen molar-refractivity contribution in [1.29, 1.82) is 0 Å². The maximum atomic E-state index is 13.9. The van der Waals surface area contributed by atoms with Crippen LogP contribution in [0.4, 0.5) is 0 Å². The number of carbonyl (C=O) groups excluding carboxylic acids is 4. The third-order valence-electron chi connectivity index (χ3n) is 12.3. The summed E-state index contributed by atoms with van der Waals surface area (Å²) in [6, 6.07) is 8.33. The zero-order valence-corrected chi connectivity index (χ0v) is 40.4. The molecule has 4 amide bonds. The minimum absolute atomic E-state index is 0.150. The molecule has 16 atom stereocenters. The molecule has 3 aliphatic rings. The van der Waals surface area contributed by atoms with Crippen molar-refractivity contribution in [3.05, 3.63) is 35.9 Å². The van der Waals surface area contributed by atoms with Crippen molar-refractivity contribution in [2.45, 2.75) is 148 Å². The van der Waals surface area contributed by atoms with Gasteiger partial charge in [-0.1, -0.05) is 30.3 Å². The van der Waals surface area contributed by atoms with Crippen LogP contribution in [-0.2, 0) is 53.4 Å². The number of amides is 4. The number of hydrogen-bond acceptors (Lipinski definition) is 24. The number of benzene rings is 1. The number of thioether (sulfide) groups is 1. The SMILES string of the molecule is NC(CSCc1ccccc1)C(=O)NC(CCC(=O)NCCO[C@H]1O[C@H](CO)[C@@H](O)[C@H](O)[C@@H]1O)(CCC(=O)NCCO[C@H]1O[C@H](CO)[C@@H](O)[C@H](O)[C@@H]1O)CCC(=O)NCCO[C@H]1O[C@H](CO)[C@@H](O)[C@H](O)[C@@H]1O. The molecule has 0 spiro atoms. The molecule has 4 rings (SSSR count). The smallest absolute Gasteiger partial charge is 0.238 e. The first-order valence-electron chi connectivity index (χ1n) is 23.6. The number of rotatable bonds is 30. The molecule has 0 aromatic heterocycles. The monoisotopic (exact) mass is 1060 g/mol. The largest absolute Gasteiger partial charge is 0.394 e. The molecule has 3 fully saturated rings. The van der Waals surface area contributed by atoms with Crippen LogP contribution in [-0.4, -0.2) is 254 Å². The van der Waals surface area contributed by atoms with Gasteiger partial charge < -0.3 is 117 Å². The molecule has 0 aliphatic carbocycles. The predicted molar refractivity (Wildman–Crippen MR) is 247 cm³/mol. The quantitative estimate of drug-likeness (QED) is 0.0318. The van der Waals surface area contributed by atoms with Gasteiger partial charge in [-0.25, -0.2) is 0 Å². The average Bonchev–Trinajstić information content (AvgIpc) is 3.37. The summed E-state index contributed by atoms with van der Waals surface area (Å²) in [4.78, 5) is 54.0. The minimum atomic E-state index is -1.69. The number of aliphatic hydroxyl groups excluding tert-OH is 12. The summed E-state index contributed by atoms with van der Waals surface area (Å²) < 4.78 is 32.3. The van der Waals surface area contributed by atoms with Crippen LogP contribution in [0.1, 0.15) is 44.1 Å². The van der Waals surface area contributed by atoms with E-state index in [-0.39, 0.29) is 83.7 Å². The lowest BCUT2D eigenvalue weighted by atomic mass is 9.82. The predicted octanol–water partition coefficient (Wildman–Crippen LogP) is -7.76. The van der Waals surface area contributed by atoms with Gasteiger partial charge in [0, 0.05) is 55.9 Å². The fraction of sp³-hybridized carbons (Fsp3) is 0.773. The fourth-order valence-electron chi connectivity index (χ4n) is 7.91. The highest BCUT2D eigenvalue weighted by molar-refractivity contribution is 7.98. The highest BCUT2D eigenvalue weighted by Gasteiger charge is 2.46. The topological polar surface area (TPSA) is 441 Å². The van der Waals surface area contributed by atoms with Crippen LogP contribution in [0.2, 0.25) is 0 Å². The summed E-state index contributed by atoms with van der Waals surface area (Å²) in [5.74, 6) is -1.66.